The van der Waals surface area contributed by atoms with Crippen LogP contribution in [0.4, 0.5) is 10.5 Å². The van der Waals surface area contributed by atoms with Crippen molar-refractivity contribution >= 4 is 17.7 Å². The second-order valence-corrected chi connectivity index (χ2v) is 9.21. The summed E-state index contributed by atoms with van der Waals surface area (Å²) in [5.74, 6) is 5.94. The van der Waals surface area contributed by atoms with Crippen LogP contribution in [0.2, 0.25) is 0 Å². The summed E-state index contributed by atoms with van der Waals surface area (Å²) >= 11 is 0. The molecule has 2 saturated heterocycles. The average Bonchev–Trinajstić information content (AvgIpc) is 3.31. The van der Waals surface area contributed by atoms with Crippen LogP contribution in [0.1, 0.15) is 51.5 Å². The lowest BCUT2D eigenvalue weighted by atomic mass is 9.95. The van der Waals surface area contributed by atoms with Crippen LogP contribution in [-0.4, -0.2) is 57.2 Å². The van der Waals surface area contributed by atoms with E-state index >= 15 is 0 Å². The molecule has 0 aliphatic carbocycles. The Bertz CT molecular complexity index is 920. The number of nitro benzene ring substituents is 1. The zero-order chi connectivity index (χ0) is 23.0. The third kappa shape index (κ3) is 4.52. The summed E-state index contributed by atoms with van der Waals surface area (Å²) in [5.41, 5.74) is -0.0663. The first kappa shape index (κ1) is 22.7. The molecule has 3 rings (SSSR count). The molecule has 31 heavy (non-hydrogen) atoms. The Kier molecular flexibility index (Phi) is 6.02. The van der Waals surface area contributed by atoms with Crippen LogP contribution >= 0.6 is 0 Å². The van der Waals surface area contributed by atoms with Gasteiger partial charge in [0.15, 0.2) is 6.04 Å². The summed E-state index contributed by atoms with van der Waals surface area (Å²) in [6, 6.07) is 6.77. The maximum atomic E-state index is 13.4. The Morgan fingerprint density at radius 2 is 1.97 bits per heavy atom. The standard InChI is InChI=1S/C21H28N5O5/c1-21(2,3)31-20(28)26(23)13-15(14-6-8-16(9-7-14)25(29)30)11-18(26)19(27)24-10-4-5-17(24)12-22/h6-9,15,17-18H,4-5,10-11,13,23H2,1-3H3/q+1/t15-,17?,18+,26+/m1/s1. The van der Waals surface area contributed by atoms with Gasteiger partial charge in [-0.3, -0.25) is 14.9 Å². The van der Waals surface area contributed by atoms with Crippen LogP contribution in [0.15, 0.2) is 24.3 Å². The highest BCUT2D eigenvalue weighted by Crippen LogP contribution is 2.38. The van der Waals surface area contributed by atoms with E-state index in [-0.39, 0.29) is 30.5 Å². The summed E-state index contributed by atoms with van der Waals surface area (Å²) < 4.78 is 4.82. The van der Waals surface area contributed by atoms with E-state index in [1.165, 1.54) is 17.0 Å². The van der Waals surface area contributed by atoms with E-state index in [0.29, 0.717) is 13.0 Å². The molecule has 166 valence electrons. The van der Waals surface area contributed by atoms with E-state index in [1.54, 1.807) is 32.9 Å². The summed E-state index contributed by atoms with van der Waals surface area (Å²) in [6.07, 6.45) is 0.890. The maximum absolute atomic E-state index is 13.4. The largest absolute Gasteiger partial charge is 0.536 e. The fourth-order valence-corrected chi connectivity index (χ4v) is 4.34. The molecular formula is C21H28N5O5+. The number of amides is 2. The molecule has 4 atom stereocenters. The number of benzene rings is 1. The van der Waals surface area contributed by atoms with Crippen molar-refractivity contribution in [3.63, 3.8) is 0 Å². The summed E-state index contributed by atoms with van der Waals surface area (Å²) in [6.45, 7) is 5.75. The number of ether oxygens (including phenoxy) is 1. The molecule has 1 aromatic carbocycles. The molecule has 2 aliphatic rings. The van der Waals surface area contributed by atoms with Crippen LogP contribution < -0.4 is 5.84 Å². The van der Waals surface area contributed by atoms with Gasteiger partial charge in [0.25, 0.3) is 11.6 Å². The smallest absolute Gasteiger partial charge is 0.413 e. The number of nitro groups is 1. The first-order valence-corrected chi connectivity index (χ1v) is 10.3. The van der Waals surface area contributed by atoms with Crippen molar-refractivity contribution in [1.29, 1.82) is 5.26 Å². The molecule has 2 fully saturated rings. The molecule has 2 N–H and O–H groups in total. The zero-order valence-electron chi connectivity index (χ0n) is 18.0. The number of non-ortho nitro benzene ring substituents is 1. The van der Waals surface area contributed by atoms with Crippen molar-refractivity contribution in [2.24, 2.45) is 5.84 Å². The molecule has 0 bridgehead atoms. The quantitative estimate of drug-likeness (QED) is 0.255. The van der Waals surface area contributed by atoms with Crippen molar-refractivity contribution < 1.29 is 23.8 Å². The number of nitrogens with zero attached hydrogens (tertiary/aromatic N) is 4. The first-order chi connectivity index (χ1) is 14.5. The second-order valence-electron chi connectivity index (χ2n) is 9.21. The number of carbonyl (C=O) groups excluding carboxylic acids is 2. The number of rotatable bonds is 3. The highest BCUT2D eigenvalue weighted by atomic mass is 16.6. The van der Waals surface area contributed by atoms with Gasteiger partial charge in [-0.15, -0.1) is 4.59 Å². The van der Waals surface area contributed by atoms with Crippen molar-refractivity contribution in [2.75, 3.05) is 13.1 Å². The van der Waals surface area contributed by atoms with Gasteiger partial charge >= 0.3 is 6.09 Å². The van der Waals surface area contributed by atoms with Crippen molar-refractivity contribution in [3.05, 3.63) is 39.9 Å². The molecule has 1 unspecified atom stereocenters. The molecule has 0 aromatic heterocycles. The van der Waals surface area contributed by atoms with Gasteiger partial charge in [-0.25, -0.2) is 0 Å². The molecule has 2 amide bonds. The van der Waals surface area contributed by atoms with Gasteiger partial charge in [0.1, 0.15) is 18.2 Å². The Morgan fingerprint density at radius 1 is 1.32 bits per heavy atom. The first-order valence-electron chi connectivity index (χ1n) is 10.3. The Morgan fingerprint density at radius 3 is 2.52 bits per heavy atom. The average molecular weight is 430 g/mol. The van der Waals surface area contributed by atoms with Gasteiger partial charge in [0.2, 0.25) is 0 Å². The van der Waals surface area contributed by atoms with Gasteiger partial charge in [-0.1, -0.05) is 12.1 Å². The SMILES string of the molecule is CC(C)(C)OC(=O)[N@+]1(N)C[C@H](c2ccc([N+](=O)[O-])cc2)C[C@H]1C(=O)N1CCCC1C#N. The molecule has 0 saturated carbocycles. The number of quaternary nitrogens is 1. The highest BCUT2D eigenvalue weighted by molar-refractivity contribution is 5.84. The molecule has 0 spiro atoms. The van der Waals surface area contributed by atoms with E-state index in [1.807, 2.05) is 0 Å². The van der Waals surface area contributed by atoms with E-state index < -0.39 is 33.3 Å². The fourth-order valence-electron chi connectivity index (χ4n) is 4.34. The monoisotopic (exact) mass is 430 g/mol. The zero-order valence-corrected chi connectivity index (χ0v) is 18.0. The Hall–Kier alpha value is -3.03. The minimum absolute atomic E-state index is 0.0380. The predicted octanol–water partition coefficient (Wildman–Crippen LogP) is 2.59. The lowest BCUT2D eigenvalue weighted by Gasteiger charge is -2.34. The Balaban J connectivity index is 1.93. The van der Waals surface area contributed by atoms with Gasteiger partial charge in [0, 0.05) is 31.0 Å². The number of carbonyl (C=O) groups is 2. The van der Waals surface area contributed by atoms with Crippen molar-refractivity contribution in [2.45, 2.75) is 63.6 Å². The number of likely N-dealkylation sites (tertiary alicyclic amines) is 2. The van der Waals surface area contributed by atoms with Crippen LogP contribution in [0.5, 0.6) is 0 Å². The molecular weight excluding hydrogens is 402 g/mol. The third-order valence-electron chi connectivity index (χ3n) is 5.87. The fraction of sp³-hybridized carbons (Fsp3) is 0.571. The third-order valence-corrected chi connectivity index (χ3v) is 5.87. The van der Waals surface area contributed by atoms with E-state index in [4.69, 9.17) is 10.6 Å². The number of nitrogens with two attached hydrogens (primary N) is 1. The van der Waals surface area contributed by atoms with Crippen LogP contribution in [-0.2, 0) is 9.53 Å². The summed E-state index contributed by atoms with van der Waals surface area (Å²) in [4.78, 5) is 38.5. The molecule has 10 heteroatoms. The molecule has 2 aliphatic heterocycles. The van der Waals surface area contributed by atoms with Gasteiger partial charge in [-0.2, -0.15) is 15.9 Å². The van der Waals surface area contributed by atoms with Gasteiger partial charge < -0.3 is 9.64 Å². The summed E-state index contributed by atoms with van der Waals surface area (Å²) in [5, 5.41) is 20.3. The van der Waals surface area contributed by atoms with Gasteiger partial charge in [0.05, 0.1) is 11.0 Å². The van der Waals surface area contributed by atoms with E-state index in [0.717, 1.165) is 12.0 Å². The molecule has 10 nitrogen and oxygen atoms in total. The van der Waals surface area contributed by atoms with Crippen LogP contribution in [0.3, 0.4) is 0 Å². The topological polar surface area (TPSA) is 140 Å². The Labute approximate surface area is 180 Å². The second kappa shape index (κ2) is 8.24. The van der Waals surface area contributed by atoms with E-state index in [2.05, 4.69) is 6.07 Å². The predicted molar refractivity (Wildman–Crippen MR) is 110 cm³/mol. The molecule has 0 radical (unpaired) electrons. The van der Waals surface area contributed by atoms with Crippen molar-refractivity contribution in [3.8, 4) is 6.07 Å². The lowest BCUT2D eigenvalue weighted by molar-refractivity contribution is -0.874. The number of hydrogen-bond donors (Lipinski definition) is 1. The minimum atomic E-state index is -0.899. The lowest BCUT2D eigenvalue weighted by Crippen LogP contribution is -2.66. The molecule has 1 aromatic rings. The number of nitriles is 1. The van der Waals surface area contributed by atoms with Gasteiger partial charge in [-0.05, 0) is 39.2 Å². The molecule has 2 heterocycles. The minimum Gasteiger partial charge on any atom is -0.413 e. The van der Waals surface area contributed by atoms with Crippen LogP contribution in [0.25, 0.3) is 0 Å². The summed E-state index contributed by atoms with van der Waals surface area (Å²) in [7, 11) is 0. The van der Waals surface area contributed by atoms with Crippen molar-refractivity contribution in [1.82, 2.24) is 4.90 Å². The normalized spacial score (nSPS) is 28.2. The van der Waals surface area contributed by atoms with Crippen LogP contribution in [0, 0.1) is 21.4 Å². The highest BCUT2D eigenvalue weighted by Gasteiger charge is 2.58. The van der Waals surface area contributed by atoms with E-state index in [9.17, 15) is 25.0 Å². The maximum Gasteiger partial charge on any atom is 0.536 e. The number of hydrogen-bond acceptors (Lipinski definition) is 7.